The minimum atomic E-state index is -0.560. The number of aliphatic hydroxyl groups excluding tert-OH is 1. The molecule has 1 unspecified atom stereocenters. The van der Waals surface area contributed by atoms with E-state index in [1.54, 1.807) is 17.3 Å². The Morgan fingerprint density at radius 1 is 1.33 bits per heavy atom. The van der Waals surface area contributed by atoms with Gasteiger partial charge >= 0.3 is 6.09 Å². The van der Waals surface area contributed by atoms with Crippen LogP contribution in [0.1, 0.15) is 64.5 Å². The topological polar surface area (TPSA) is 71.9 Å². The maximum Gasteiger partial charge on any atom is 0.410 e. The van der Waals surface area contributed by atoms with E-state index < -0.39 is 11.7 Å². The SMILES string of the molecule is CC(C)(C)OC(=O)N1CC2(CC(C(O)c3cnccc3OC3CCC3)C2)C1. The highest BCUT2D eigenvalue weighted by atomic mass is 16.6. The number of likely N-dealkylation sites (tertiary alicyclic amines) is 1. The number of aromatic nitrogens is 1. The lowest BCUT2D eigenvalue weighted by molar-refractivity contribution is -0.123. The van der Waals surface area contributed by atoms with E-state index in [0.29, 0.717) is 0 Å². The van der Waals surface area contributed by atoms with Crippen LogP contribution in [0.25, 0.3) is 0 Å². The van der Waals surface area contributed by atoms with Gasteiger partial charge in [0.15, 0.2) is 0 Å². The van der Waals surface area contributed by atoms with Crippen LogP contribution in [0.5, 0.6) is 5.75 Å². The molecule has 1 saturated heterocycles. The molecule has 6 heteroatoms. The second kappa shape index (κ2) is 6.66. The average molecular weight is 374 g/mol. The lowest BCUT2D eigenvalue weighted by Crippen LogP contribution is -2.64. The molecule has 1 aliphatic heterocycles. The van der Waals surface area contributed by atoms with Crippen molar-refractivity contribution in [2.45, 2.75) is 70.7 Å². The maximum atomic E-state index is 12.1. The summed E-state index contributed by atoms with van der Waals surface area (Å²) in [5.41, 5.74) is 0.488. The standard InChI is InChI=1S/C21H30N2O4/c1-20(2,3)27-19(25)23-12-21(13-23)9-14(10-21)18(24)16-11-22-8-7-17(16)26-15-5-4-6-15/h7-8,11,14-15,18,24H,4-6,9-10,12-13H2,1-3H3. The van der Waals surface area contributed by atoms with Gasteiger partial charge in [0, 0.05) is 36.5 Å². The lowest BCUT2D eigenvalue weighted by Gasteiger charge is -2.59. The first-order valence-electron chi connectivity index (χ1n) is 10.0. The molecule has 2 saturated carbocycles. The highest BCUT2D eigenvalue weighted by Gasteiger charge is 2.56. The fraction of sp³-hybridized carbons (Fsp3) is 0.714. The Hall–Kier alpha value is -1.82. The van der Waals surface area contributed by atoms with Gasteiger partial charge in [-0.15, -0.1) is 0 Å². The Balaban J connectivity index is 1.31. The predicted molar refractivity (Wildman–Crippen MR) is 100 cm³/mol. The minimum absolute atomic E-state index is 0.153. The largest absolute Gasteiger partial charge is 0.490 e. The summed E-state index contributed by atoms with van der Waals surface area (Å²) < 4.78 is 11.5. The van der Waals surface area contributed by atoms with Crippen LogP contribution in [0.4, 0.5) is 4.79 Å². The predicted octanol–water partition coefficient (Wildman–Crippen LogP) is 3.69. The third-order valence-corrected chi connectivity index (χ3v) is 6.02. The molecule has 6 nitrogen and oxygen atoms in total. The Kier molecular flexibility index (Phi) is 4.57. The van der Waals surface area contributed by atoms with Gasteiger partial charge in [0.2, 0.25) is 0 Å². The van der Waals surface area contributed by atoms with Crippen LogP contribution >= 0.6 is 0 Å². The molecule has 4 rings (SSSR count). The van der Waals surface area contributed by atoms with Crippen molar-refractivity contribution in [2.24, 2.45) is 11.3 Å². The van der Waals surface area contributed by atoms with Crippen molar-refractivity contribution in [1.29, 1.82) is 0 Å². The molecule has 3 fully saturated rings. The van der Waals surface area contributed by atoms with Crippen LogP contribution in [0.2, 0.25) is 0 Å². The van der Waals surface area contributed by atoms with Crippen molar-refractivity contribution in [3.8, 4) is 5.75 Å². The first kappa shape index (κ1) is 18.5. The molecule has 2 aliphatic carbocycles. The number of ether oxygens (including phenoxy) is 2. The van der Waals surface area contributed by atoms with Crippen LogP contribution < -0.4 is 4.74 Å². The van der Waals surface area contributed by atoms with Crippen LogP contribution in [-0.4, -0.2) is 45.9 Å². The van der Waals surface area contributed by atoms with Crippen molar-refractivity contribution < 1.29 is 19.4 Å². The summed E-state index contributed by atoms with van der Waals surface area (Å²) in [4.78, 5) is 18.1. The minimum Gasteiger partial charge on any atom is -0.490 e. The summed E-state index contributed by atoms with van der Waals surface area (Å²) in [6.45, 7) is 7.10. The van der Waals surface area contributed by atoms with Crippen molar-refractivity contribution in [1.82, 2.24) is 9.88 Å². The number of hydrogen-bond acceptors (Lipinski definition) is 5. The molecule has 1 aromatic heterocycles. The average Bonchev–Trinajstić information content (AvgIpc) is 2.46. The fourth-order valence-electron chi connectivity index (χ4n) is 4.40. The van der Waals surface area contributed by atoms with Gasteiger partial charge in [-0.1, -0.05) is 0 Å². The number of aliphatic hydroxyl groups is 1. The number of rotatable bonds is 4. The van der Waals surface area contributed by atoms with E-state index >= 15 is 0 Å². The highest BCUT2D eigenvalue weighted by Crippen LogP contribution is 2.56. The third kappa shape index (κ3) is 3.77. The van der Waals surface area contributed by atoms with Crippen molar-refractivity contribution in [3.05, 3.63) is 24.0 Å². The van der Waals surface area contributed by atoms with Gasteiger partial charge in [0.1, 0.15) is 11.4 Å². The molecule has 148 valence electrons. The van der Waals surface area contributed by atoms with E-state index in [0.717, 1.165) is 50.1 Å². The summed E-state index contributed by atoms with van der Waals surface area (Å²) in [6.07, 6.45) is 8.17. The second-order valence-electron chi connectivity index (χ2n) is 9.53. The van der Waals surface area contributed by atoms with Crippen molar-refractivity contribution >= 4 is 6.09 Å². The molecule has 2 heterocycles. The number of amides is 1. The van der Waals surface area contributed by atoms with Crippen LogP contribution in [0.15, 0.2) is 18.5 Å². The van der Waals surface area contributed by atoms with Gasteiger partial charge in [-0.05, 0) is 64.9 Å². The highest BCUT2D eigenvalue weighted by molar-refractivity contribution is 5.69. The Morgan fingerprint density at radius 2 is 2.04 bits per heavy atom. The Morgan fingerprint density at radius 3 is 2.63 bits per heavy atom. The van der Waals surface area contributed by atoms with Gasteiger partial charge in [0.05, 0.1) is 12.2 Å². The van der Waals surface area contributed by atoms with E-state index in [-0.39, 0.29) is 23.5 Å². The van der Waals surface area contributed by atoms with Crippen LogP contribution in [-0.2, 0) is 4.74 Å². The zero-order chi connectivity index (χ0) is 19.2. The second-order valence-corrected chi connectivity index (χ2v) is 9.53. The lowest BCUT2D eigenvalue weighted by atomic mass is 9.56. The van der Waals surface area contributed by atoms with Gasteiger partial charge in [0.25, 0.3) is 0 Å². The molecule has 3 aliphatic rings. The fourth-order valence-corrected chi connectivity index (χ4v) is 4.40. The van der Waals surface area contributed by atoms with Crippen molar-refractivity contribution in [3.63, 3.8) is 0 Å². The third-order valence-electron chi connectivity index (χ3n) is 6.02. The van der Waals surface area contributed by atoms with Gasteiger partial charge in [-0.25, -0.2) is 4.79 Å². The molecule has 1 amide bonds. The smallest absolute Gasteiger partial charge is 0.410 e. The van der Waals surface area contributed by atoms with Gasteiger partial charge in [-0.3, -0.25) is 4.98 Å². The molecule has 0 bridgehead atoms. The van der Waals surface area contributed by atoms with E-state index in [9.17, 15) is 9.90 Å². The van der Waals surface area contributed by atoms with Gasteiger partial charge in [-0.2, -0.15) is 0 Å². The Bertz CT molecular complexity index is 696. The molecular weight excluding hydrogens is 344 g/mol. The zero-order valence-electron chi connectivity index (χ0n) is 16.5. The monoisotopic (exact) mass is 374 g/mol. The molecule has 1 atom stereocenters. The maximum absolute atomic E-state index is 12.1. The van der Waals surface area contributed by atoms with Crippen LogP contribution in [0, 0.1) is 11.3 Å². The normalized spacial score (nSPS) is 23.2. The molecule has 1 spiro atoms. The molecule has 27 heavy (non-hydrogen) atoms. The summed E-state index contributed by atoms with van der Waals surface area (Å²) in [6, 6.07) is 1.86. The van der Waals surface area contributed by atoms with E-state index in [4.69, 9.17) is 9.47 Å². The first-order valence-corrected chi connectivity index (χ1v) is 10.0. The number of carbonyl (C=O) groups is 1. The molecule has 1 aromatic rings. The number of pyridine rings is 1. The van der Waals surface area contributed by atoms with Crippen LogP contribution in [0.3, 0.4) is 0 Å². The van der Waals surface area contributed by atoms with E-state index in [2.05, 4.69) is 4.98 Å². The molecule has 1 N–H and O–H groups in total. The summed E-state index contributed by atoms with van der Waals surface area (Å²) in [5.74, 6) is 0.964. The number of hydrogen-bond donors (Lipinski definition) is 1. The first-order chi connectivity index (χ1) is 12.7. The van der Waals surface area contributed by atoms with Gasteiger partial charge < -0.3 is 19.5 Å². The summed E-state index contributed by atoms with van der Waals surface area (Å²) in [7, 11) is 0. The molecular formula is C21H30N2O4. The van der Waals surface area contributed by atoms with E-state index in [1.165, 1.54) is 6.42 Å². The number of nitrogens with zero attached hydrogens (tertiary/aromatic N) is 2. The number of carbonyl (C=O) groups excluding carboxylic acids is 1. The molecule has 0 aromatic carbocycles. The summed E-state index contributed by atoms with van der Waals surface area (Å²) in [5, 5.41) is 10.9. The Labute approximate surface area is 160 Å². The molecule has 0 radical (unpaired) electrons. The van der Waals surface area contributed by atoms with Crippen molar-refractivity contribution in [2.75, 3.05) is 13.1 Å². The summed E-state index contributed by atoms with van der Waals surface area (Å²) >= 11 is 0. The quantitative estimate of drug-likeness (QED) is 0.870. The van der Waals surface area contributed by atoms with E-state index in [1.807, 2.05) is 26.8 Å². The zero-order valence-corrected chi connectivity index (χ0v) is 16.5.